The van der Waals surface area contributed by atoms with Crippen molar-refractivity contribution in [1.29, 1.82) is 0 Å². The second-order valence-electron chi connectivity index (χ2n) is 6.88. The van der Waals surface area contributed by atoms with Gasteiger partial charge in [0.2, 0.25) is 0 Å². The Labute approximate surface area is 158 Å². The molecule has 9 nitrogen and oxygen atoms in total. The predicted octanol–water partition coefficient (Wildman–Crippen LogP) is 1.16. The van der Waals surface area contributed by atoms with E-state index in [0.717, 1.165) is 25.2 Å². The Morgan fingerprint density at radius 1 is 1.33 bits per heavy atom. The molecule has 1 aliphatic heterocycles. The summed E-state index contributed by atoms with van der Waals surface area (Å²) in [4.78, 5) is 36.2. The lowest BCUT2D eigenvalue weighted by Crippen LogP contribution is -2.50. The number of carbonyl (C=O) groups is 1. The minimum absolute atomic E-state index is 0.0733. The molecule has 0 unspecified atom stereocenters. The van der Waals surface area contributed by atoms with Crippen molar-refractivity contribution in [2.45, 2.75) is 18.9 Å². The highest BCUT2D eigenvalue weighted by Gasteiger charge is 2.23. The fraction of sp³-hybridized carbons (Fsp3) is 0.444. The molecular weight excluding hydrogens is 346 g/mol. The minimum Gasteiger partial charge on any atom is -0.353 e. The Morgan fingerprint density at radius 2 is 2.15 bits per heavy atom. The molecule has 0 spiro atoms. The molecule has 0 aromatic carbocycles. The summed E-state index contributed by atoms with van der Waals surface area (Å²) in [6.45, 7) is 1.54. The number of amides is 2. The highest BCUT2D eigenvalue weighted by atomic mass is 16.2. The first-order valence-corrected chi connectivity index (χ1v) is 8.91. The van der Waals surface area contributed by atoms with Crippen LogP contribution in [0.5, 0.6) is 0 Å². The van der Waals surface area contributed by atoms with Crippen molar-refractivity contribution in [2.75, 3.05) is 37.4 Å². The number of urea groups is 1. The molecule has 0 saturated carbocycles. The number of hydrogen-bond donors (Lipinski definition) is 2. The molecule has 144 valence electrons. The molecule has 0 aliphatic carbocycles. The van der Waals surface area contributed by atoms with Gasteiger partial charge in [-0.3, -0.25) is 9.78 Å². The van der Waals surface area contributed by atoms with Crippen LogP contribution < -0.4 is 21.1 Å². The molecule has 1 aliphatic rings. The van der Waals surface area contributed by atoms with E-state index in [1.54, 1.807) is 39.7 Å². The fourth-order valence-electron chi connectivity index (χ4n) is 2.95. The molecule has 2 amide bonds. The first kappa shape index (κ1) is 18.7. The summed E-state index contributed by atoms with van der Waals surface area (Å²) in [7, 11) is 5.16. The number of aryl methyl sites for hydroxylation is 1. The van der Waals surface area contributed by atoms with Gasteiger partial charge >= 0.3 is 6.03 Å². The van der Waals surface area contributed by atoms with Crippen LogP contribution in [-0.2, 0) is 7.05 Å². The molecule has 1 atom stereocenters. The summed E-state index contributed by atoms with van der Waals surface area (Å²) in [5.41, 5.74) is 0.568. The first-order valence-electron chi connectivity index (χ1n) is 8.91. The molecule has 3 rings (SSSR count). The molecule has 2 aromatic rings. The fourth-order valence-corrected chi connectivity index (χ4v) is 2.95. The van der Waals surface area contributed by atoms with Crippen molar-refractivity contribution in [2.24, 2.45) is 7.05 Å². The molecule has 27 heavy (non-hydrogen) atoms. The van der Waals surface area contributed by atoms with E-state index in [0.29, 0.717) is 18.1 Å². The van der Waals surface area contributed by atoms with E-state index in [1.807, 2.05) is 6.07 Å². The van der Waals surface area contributed by atoms with Gasteiger partial charge in [-0.05, 0) is 18.9 Å². The molecule has 2 aromatic heterocycles. The summed E-state index contributed by atoms with van der Waals surface area (Å²) < 4.78 is 1.50. The number of anilines is 3. The van der Waals surface area contributed by atoms with Crippen molar-refractivity contribution < 1.29 is 4.79 Å². The Bertz CT molecular complexity index is 865. The van der Waals surface area contributed by atoms with Crippen LogP contribution in [0.4, 0.5) is 22.1 Å². The monoisotopic (exact) mass is 371 g/mol. The van der Waals surface area contributed by atoms with Gasteiger partial charge in [0.05, 0.1) is 12.4 Å². The van der Waals surface area contributed by atoms with Crippen molar-refractivity contribution >= 4 is 23.4 Å². The number of nitrogens with one attached hydrogen (secondary N) is 2. The van der Waals surface area contributed by atoms with Gasteiger partial charge in [0.15, 0.2) is 5.82 Å². The van der Waals surface area contributed by atoms with Gasteiger partial charge in [-0.15, -0.1) is 0 Å². The third kappa shape index (κ3) is 4.75. The number of piperidine rings is 1. The lowest BCUT2D eigenvalue weighted by atomic mass is 10.1. The van der Waals surface area contributed by atoms with Gasteiger partial charge in [-0.2, -0.15) is 0 Å². The van der Waals surface area contributed by atoms with Crippen LogP contribution in [-0.4, -0.2) is 58.7 Å². The van der Waals surface area contributed by atoms with E-state index >= 15 is 0 Å². The number of rotatable bonds is 4. The van der Waals surface area contributed by atoms with Crippen molar-refractivity contribution in [3.05, 3.63) is 41.1 Å². The summed E-state index contributed by atoms with van der Waals surface area (Å²) in [5.74, 6) is 1.31. The number of hydrogen-bond acceptors (Lipinski definition) is 6. The van der Waals surface area contributed by atoms with Gasteiger partial charge in [0, 0.05) is 58.2 Å². The second kappa shape index (κ2) is 8.07. The topological polar surface area (TPSA) is 95.4 Å². The zero-order chi connectivity index (χ0) is 19.4. The van der Waals surface area contributed by atoms with Crippen LogP contribution >= 0.6 is 0 Å². The standard InChI is InChI=1S/C18H25N7O2/c1-23(2)18(27)21-14-5-4-7-25(12-14)16-11-19-10-15(22-16)20-13-6-8-24(3)17(26)9-13/h6,8-11,14H,4-5,7,12H2,1-3H3,(H,20,22)(H,21,27)/t14-/m1/s1. The van der Waals surface area contributed by atoms with E-state index in [2.05, 4.69) is 25.5 Å². The lowest BCUT2D eigenvalue weighted by Gasteiger charge is -2.34. The van der Waals surface area contributed by atoms with E-state index in [9.17, 15) is 9.59 Å². The second-order valence-corrected chi connectivity index (χ2v) is 6.88. The van der Waals surface area contributed by atoms with Crippen LogP contribution in [0.2, 0.25) is 0 Å². The van der Waals surface area contributed by atoms with Gasteiger partial charge in [0.1, 0.15) is 5.82 Å². The third-order valence-corrected chi connectivity index (χ3v) is 4.48. The quantitative estimate of drug-likeness (QED) is 0.837. The summed E-state index contributed by atoms with van der Waals surface area (Å²) in [6, 6.07) is 3.31. The smallest absolute Gasteiger partial charge is 0.317 e. The SMILES string of the molecule is CN(C)C(=O)N[C@@H]1CCCN(c2cncc(Nc3ccn(C)c(=O)c3)n2)C1. The Kier molecular flexibility index (Phi) is 5.58. The average molecular weight is 371 g/mol. The third-order valence-electron chi connectivity index (χ3n) is 4.48. The highest BCUT2D eigenvalue weighted by molar-refractivity contribution is 5.74. The van der Waals surface area contributed by atoms with E-state index in [-0.39, 0.29) is 17.6 Å². The summed E-state index contributed by atoms with van der Waals surface area (Å²) in [5, 5.41) is 6.15. The number of pyridine rings is 1. The first-order chi connectivity index (χ1) is 12.9. The zero-order valence-electron chi connectivity index (χ0n) is 15.8. The Balaban J connectivity index is 1.70. The van der Waals surface area contributed by atoms with Crippen LogP contribution in [0.3, 0.4) is 0 Å². The molecule has 1 saturated heterocycles. The van der Waals surface area contributed by atoms with Gasteiger partial charge < -0.3 is 25.0 Å². The summed E-state index contributed by atoms with van der Waals surface area (Å²) >= 11 is 0. The van der Waals surface area contributed by atoms with Crippen molar-refractivity contribution in [3.63, 3.8) is 0 Å². The normalized spacial score (nSPS) is 16.7. The Morgan fingerprint density at radius 3 is 2.89 bits per heavy atom. The van der Waals surface area contributed by atoms with Crippen LogP contribution in [0.15, 0.2) is 35.5 Å². The number of nitrogens with zero attached hydrogens (tertiary/aromatic N) is 5. The molecular formula is C18H25N7O2. The molecule has 0 bridgehead atoms. The lowest BCUT2D eigenvalue weighted by molar-refractivity contribution is 0.211. The predicted molar refractivity (Wildman–Crippen MR) is 104 cm³/mol. The number of aromatic nitrogens is 3. The summed E-state index contributed by atoms with van der Waals surface area (Å²) in [6.07, 6.45) is 6.94. The van der Waals surface area contributed by atoms with Crippen LogP contribution in [0.1, 0.15) is 12.8 Å². The van der Waals surface area contributed by atoms with Gasteiger partial charge in [-0.1, -0.05) is 0 Å². The maximum Gasteiger partial charge on any atom is 0.317 e. The van der Waals surface area contributed by atoms with Crippen LogP contribution in [0, 0.1) is 0 Å². The van der Waals surface area contributed by atoms with Crippen LogP contribution in [0.25, 0.3) is 0 Å². The largest absolute Gasteiger partial charge is 0.353 e. The highest BCUT2D eigenvalue weighted by Crippen LogP contribution is 2.20. The molecule has 9 heteroatoms. The molecule has 0 radical (unpaired) electrons. The maximum atomic E-state index is 11.9. The van der Waals surface area contributed by atoms with E-state index in [4.69, 9.17) is 0 Å². The average Bonchev–Trinajstić information content (AvgIpc) is 2.65. The van der Waals surface area contributed by atoms with Gasteiger partial charge in [-0.25, -0.2) is 9.78 Å². The molecule has 3 heterocycles. The minimum atomic E-state index is -0.0976. The van der Waals surface area contributed by atoms with E-state index in [1.165, 1.54) is 15.5 Å². The Hall–Kier alpha value is -3.10. The molecule has 2 N–H and O–H groups in total. The van der Waals surface area contributed by atoms with Crippen molar-refractivity contribution in [1.82, 2.24) is 24.8 Å². The van der Waals surface area contributed by atoms with E-state index < -0.39 is 0 Å². The maximum absolute atomic E-state index is 11.9. The van der Waals surface area contributed by atoms with Crippen molar-refractivity contribution in [3.8, 4) is 0 Å². The zero-order valence-corrected chi connectivity index (χ0v) is 15.8. The molecule has 1 fully saturated rings. The number of carbonyl (C=O) groups excluding carboxylic acids is 1. The van der Waals surface area contributed by atoms with Gasteiger partial charge in [0.25, 0.3) is 5.56 Å².